The zero-order valence-corrected chi connectivity index (χ0v) is 26.0. The third-order valence-electron chi connectivity index (χ3n) is 7.52. The lowest BCUT2D eigenvalue weighted by molar-refractivity contribution is 0.886. The van der Waals surface area contributed by atoms with Gasteiger partial charge in [0.15, 0.2) is 0 Å². The number of rotatable bonds is 6. The molecule has 0 heterocycles. The summed E-state index contributed by atoms with van der Waals surface area (Å²) < 4.78 is 0. The summed E-state index contributed by atoms with van der Waals surface area (Å²) in [7, 11) is -0.304. The van der Waals surface area contributed by atoms with Crippen LogP contribution in [0, 0.1) is 0 Å². The van der Waals surface area contributed by atoms with Gasteiger partial charge in [0.1, 0.15) is 0 Å². The minimum atomic E-state index is -0.152. The number of halogens is 2. The van der Waals surface area contributed by atoms with Gasteiger partial charge < -0.3 is 0 Å². The Kier molecular flexibility index (Phi) is 13.4. The topological polar surface area (TPSA) is 0 Å². The Morgan fingerprint density at radius 1 is 0.410 bits per heavy atom. The molecular formula is C35H40Cl2P2. The van der Waals surface area contributed by atoms with Gasteiger partial charge in [0.05, 0.1) is 5.34 Å². The molecule has 0 aliphatic heterocycles. The van der Waals surface area contributed by atoms with Crippen LogP contribution < -0.4 is 21.2 Å². The fourth-order valence-corrected chi connectivity index (χ4v) is 11.8. The molecule has 2 fully saturated rings. The van der Waals surface area contributed by atoms with Crippen LogP contribution in [0.2, 0.25) is 0 Å². The highest BCUT2D eigenvalue weighted by Gasteiger charge is 2.28. The largest absolute Gasteiger partial charge is 0.109 e. The van der Waals surface area contributed by atoms with Gasteiger partial charge in [-0.05, 0) is 74.1 Å². The molecule has 2 aliphatic rings. The minimum Gasteiger partial charge on any atom is -0.109 e. The average Bonchev–Trinajstić information content (AvgIpc) is 3.72. The van der Waals surface area contributed by atoms with Crippen molar-refractivity contribution in [2.75, 3.05) is 5.34 Å². The molecule has 0 nitrogen and oxygen atoms in total. The Hall–Kier alpha value is -1.68. The van der Waals surface area contributed by atoms with Crippen molar-refractivity contribution in [2.45, 2.75) is 62.7 Å². The summed E-state index contributed by atoms with van der Waals surface area (Å²) in [6, 6.07) is 44.5. The molecule has 0 bridgehead atoms. The minimum absolute atomic E-state index is 0.152. The van der Waals surface area contributed by atoms with Crippen molar-refractivity contribution in [3.05, 3.63) is 121 Å². The molecule has 0 spiro atoms. The fraction of sp³-hybridized carbons (Fsp3) is 0.314. The molecule has 0 saturated heterocycles. The van der Waals surface area contributed by atoms with Crippen LogP contribution in [-0.4, -0.2) is 16.7 Å². The normalized spacial score (nSPS) is 15.5. The Morgan fingerprint density at radius 2 is 0.615 bits per heavy atom. The summed E-state index contributed by atoms with van der Waals surface area (Å²) in [4.78, 5) is 0. The first-order valence-electron chi connectivity index (χ1n) is 14.2. The Bertz CT molecular complexity index is 986. The van der Waals surface area contributed by atoms with Gasteiger partial charge in [-0.15, -0.1) is 23.2 Å². The first-order chi connectivity index (χ1) is 19.3. The average molecular weight is 594 g/mol. The Morgan fingerprint density at radius 3 is 0.821 bits per heavy atom. The van der Waals surface area contributed by atoms with E-state index in [2.05, 4.69) is 121 Å². The Labute approximate surface area is 248 Å². The van der Waals surface area contributed by atoms with Crippen LogP contribution in [0.1, 0.15) is 51.4 Å². The summed E-state index contributed by atoms with van der Waals surface area (Å²) in [5.41, 5.74) is 1.79. The fourth-order valence-electron chi connectivity index (χ4n) is 5.82. The van der Waals surface area contributed by atoms with E-state index < -0.39 is 0 Å². The maximum atomic E-state index is 4.76. The lowest BCUT2D eigenvalue weighted by Gasteiger charge is -2.25. The molecule has 0 unspecified atom stereocenters. The summed E-state index contributed by atoms with van der Waals surface area (Å²) in [5, 5.41) is 6.38. The highest BCUT2D eigenvalue weighted by Crippen LogP contribution is 2.48. The third-order valence-corrected chi connectivity index (χ3v) is 13.4. The molecule has 6 rings (SSSR count). The van der Waals surface area contributed by atoms with E-state index >= 15 is 0 Å². The zero-order chi connectivity index (χ0) is 27.1. The molecule has 0 atom stereocenters. The second kappa shape index (κ2) is 17.2. The van der Waals surface area contributed by atoms with Crippen LogP contribution in [0.5, 0.6) is 0 Å². The van der Waals surface area contributed by atoms with Gasteiger partial charge >= 0.3 is 0 Å². The molecule has 0 aromatic heterocycles. The number of hydrogen-bond donors (Lipinski definition) is 0. The van der Waals surface area contributed by atoms with E-state index in [1.54, 1.807) is 21.2 Å². The SMILES string of the molecule is ClCCl.c1ccc(P(c2ccccc2)C2CCCC2)cc1.c1ccc(P(c2ccccc2)C2CCCC2)cc1. The molecule has 204 valence electrons. The number of alkyl halides is 2. The lowest BCUT2D eigenvalue weighted by atomic mass is 10.3. The molecule has 0 amide bonds. The maximum absolute atomic E-state index is 4.76. The van der Waals surface area contributed by atoms with E-state index in [0.29, 0.717) is 0 Å². The van der Waals surface area contributed by atoms with Crippen LogP contribution in [0.3, 0.4) is 0 Å². The molecule has 2 saturated carbocycles. The highest BCUT2D eigenvalue weighted by atomic mass is 35.5. The number of hydrogen-bond acceptors (Lipinski definition) is 0. The highest BCUT2D eigenvalue weighted by molar-refractivity contribution is 7.74. The molecule has 0 N–H and O–H groups in total. The van der Waals surface area contributed by atoms with Crippen molar-refractivity contribution in [1.82, 2.24) is 0 Å². The van der Waals surface area contributed by atoms with Gasteiger partial charge in [-0.3, -0.25) is 0 Å². The van der Waals surface area contributed by atoms with E-state index in [1.165, 1.54) is 51.4 Å². The van der Waals surface area contributed by atoms with Gasteiger partial charge in [-0.1, -0.05) is 147 Å². The third kappa shape index (κ3) is 9.17. The van der Waals surface area contributed by atoms with Gasteiger partial charge in [0.2, 0.25) is 0 Å². The van der Waals surface area contributed by atoms with E-state index in [9.17, 15) is 0 Å². The number of benzene rings is 4. The lowest BCUT2D eigenvalue weighted by Crippen LogP contribution is -2.19. The van der Waals surface area contributed by atoms with Crippen molar-refractivity contribution in [1.29, 1.82) is 0 Å². The van der Waals surface area contributed by atoms with E-state index in [1.807, 2.05) is 0 Å². The van der Waals surface area contributed by atoms with Crippen molar-refractivity contribution >= 4 is 60.3 Å². The summed E-state index contributed by atoms with van der Waals surface area (Å²) >= 11 is 9.53. The molecule has 39 heavy (non-hydrogen) atoms. The van der Waals surface area contributed by atoms with E-state index in [4.69, 9.17) is 23.2 Å². The van der Waals surface area contributed by atoms with Crippen molar-refractivity contribution < 1.29 is 0 Å². The smallest absolute Gasteiger partial charge is 0.0967 e. The van der Waals surface area contributed by atoms with Crippen molar-refractivity contribution in [3.8, 4) is 0 Å². The molecule has 4 aromatic rings. The van der Waals surface area contributed by atoms with E-state index in [-0.39, 0.29) is 21.2 Å². The van der Waals surface area contributed by atoms with Crippen LogP contribution in [0.25, 0.3) is 0 Å². The molecule has 0 radical (unpaired) electrons. The van der Waals surface area contributed by atoms with Gasteiger partial charge in [-0.2, -0.15) is 0 Å². The maximum Gasteiger partial charge on any atom is 0.0967 e. The van der Waals surface area contributed by atoms with Gasteiger partial charge in [0, 0.05) is 0 Å². The second-order valence-corrected chi connectivity index (χ2v) is 15.9. The molecule has 4 aromatic carbocycles. The monoisotopic (exact) mass is 592 g/mol. The van der Waals surface area contributed by atoms with Gasteiger partial charge in [0.25, 0.3) is 0 Å². The van der Waals surface area contributed by atoms with Crippen molar-refractivity contribution in [3.63, 3.8) is 0 Å². The molecule has 2 aliphatic carbocycles. The Balaban J connectivity index is 0.000000165. The van der Waals surface area contributed by atoms with Crippen LogP contribution in [0.15, 0.2) is 121 Å². The van der Waals surface area contributed by atoms with Gasteiger partial charge in [-0.25, -0.2) is 0 Å². The predicted molar refractivity (Wildman–Crippen MR) is 179 cm³/mol. The zero-order valence-electron chi connectivity index (χ0n) is 22.7. The standard InChI is InChI=1S/2C17H19P.CH2Cl2/c2*1-3-9-15(10-4-1)18(17-13-7-8-14-17)16-11-5-2-6-12-16;2-1-3/h2*1-6,9-12,17H,7-8,13-14H2;1H2. The van der Waals surface area contributed by atoms with E-state index in [0.717, 1.165) is 11.3 Å². The van der Waals surface area contributed by atoms with Crippen LogP contribution in [-0.2, 0) is 0 Å². The predicted octanol–water partition coefficient (Wildman–Crippen LogP) is 9.55. The second-order valence-electron chi connectivity index (χ2n) is 10.1. The summed E-state index contributed by atoms with van der Waals surface area (Å²) in [6.07, 6.45) is 11.3. The first-order valence-corrected chi connectivity index (χ1v) is 18.1. The first kappa shape index (κ1) is 30.3. The quantitative estimate of drug-likeness (QED) is 0.154. The summed E-state index contributed by atoms with van der Waals surface area (Å²) in [5.74, 6) is 0. The summed E-state index contributed by atoms with van der Waals surface area (Å²) in [6.45, 7) is 0. The molecular weight excluding hydrogens is 553 g/mol. The molecule has 4 heteroatoms. The van der Waals surface area contributed by atoms with Crippen LogP contribution >= 0.6 is 39.0 Å². The van der Waals surface area contributed by atoms with Crippen LogP contribution in [0.4, 0.5) is 0 Å². The van der Waals surface area contributed by atoms with Crippen molar-refractivity contribution in [2.24, 2.45) is 0 Å².